The van der Waals surface area contributed by atoms with E-state index in [4.69, 9.17) is 34.8 Å². The van der Waals surface area contributed by atoms with Crippen molar-refractivity contribution >= 4 is 40.6 Å². The highest BCUT2D eigenvalue weighted by Crippen LogP contribution is 2.29. The predicted molar refractivity (Wildman–Crippen MR) is 95.5 cm³/mol. The zero-order valence-corrected chi connectivity index (χ0v) is 14.9. The second-order valence-corrected chi connectivity index (χ2v) is 6.29. The largest absolute Gasteiger partial charge is 0.288 e. The Morgan fingerprint density at radius 3 is 2.62 bits per heavy atom. The molecule has 0 atom stereocenters. The quantitative estimate of drug-likeness (QED) is 0.480. The number of carbonyl (C=O) groups is 1. The van der Waals surface area contributed by atoms with Gasteiger partial charge in [0, 0.05) is 16.1 Å². The summed E-state index contributed by atoms with van der Waals surface area (Å²) < 4.78 is 1.70. The Labute approximate surface area is 154 Å². The number of alkyl halides is 1. The van der Waals surface area contributed by atoms with Crippen molar-refractivity contribution in [1.29, 1.82) is 0 Å². The molecule has 7 heteroatoms. The fourth-order valence-corrected chi connectivity index (χ4v) is 3.23. The van der Waals surface area contributed by atoms with Crippen molar-refractivity contribution in [3.63, 3.8) is 0 Å². The molecule has 0 saturated carbocycles. The Morgan fingerprint density at radius 1 is 1.17 bits per heavy atom. The minimum Gasteiger partial charge on any atom is -0.288 e. The lowest BCUT2D eigenvalue weighted by molar-refractivity contribution is 0.103. The van der Waals surface area contributed by atoms with Gasteiger partial charge in [0.15, 0.2) is 11.6 Å². The molecule has 0 bridgehead atoms. The Hall–Kier alpha value is -1.88. The summed E-state index contributed by atoms with van der Waals surface area (Å²) in [5.41, 5.74) is 2.27. The molecule has 0 amide bonds. The van der Waals surface area contributed by atoms with Crippen molar-refractivity contribution in [2.24, 2.45) is 0 Å². The van der Waals surface area contributed by atoms with Gasteiger partial charge in [-0.25, -0.2) is 0 Å². The predicted octanol–water partition coefficient (Wildman–Crippen LogP) is 4.85. The molecule has 1 heterocycles. The normalized spacial score (nSPS) is 10.8. The summed E-state index contributed by atoms with van der Waals surface area (Å²) >= 11 is 18.3. The van der Waals surface area contributed by atoms with E-state index in [1.54, 1.807) is 41.0 Å². The Bertz CT molecular complexity index is 921. The van der Waals surface area contributed by atoms with Crippen LogP contribution in [0, 0.1) is 6.92 Å². The highest BCUT2D eigenvalue weighted by Gasteiger charge is 2.21. The highest BCUT2D eigenvalue weighted by atomic mass is 35.5. The van der Waals surface area contributed by atoms with E-state index in [0.717, 1.165) is 5.56 Å². The van der Waals surface area contributed by atoms with Crippen LogP contribution in [0.25, 0.3) is 5.69 Å². The monoisotopic (exact) mass is 379 g/mol. The van der Waals surface area contributed by atoms with E-state index in [1.807, 2.05) is 6.92 Å². The molecular weight excluding hydrogens is 369 g/mol. The van der Waals surface area contributed by atoms with E-state index in [9.17, 15) is 4.79 Å². The van der Waals surface area contributed by atoms with Crippen LogP contribution in [0.3, 0.4) is 0 Å². The standard InChI is InChI=1S/C17H12Cl3N3O/c1-10-6-11(19)7-13(16(10)23-9-21-22-15(23)8-18)17(24)12-4-2-3-5-14(12)20/h2-7,9H,8H2,1H3. The number of rotatable bonds is 4. The van der Waals surface area contributed by atoms with Crippen molar-refractivity contribution in [2.45, 2.75) is 12.8 Å². The van der Waals surface area contributed by atoms with Crippen molar-refractivity contribution in [2.75, 3.05) is 0 Å². The molecule has 0 aliphatic heterocycles. The molecule has 2 aromatic carbocycles. The summed E-state index contributed by atoms with van der Waals surface area (Å²) in [7, 11) is 0. The van der Waals surface area contributed by atoms with E-state index in [0.29, 0.717) is 32.7 Å². The number of nitrogens with zero attached hydrogens (tertiary/aromatic N) is 3. The van der Waals surface area contributed by atoms with Crippen LogP contribution in [0.1, 0.15) is 27.3 Å². The number of halogens is 3. The van der Waals surface area contributed by atoms with Crippen LogP contribution in [0.2, 0.25) is 10.0 Å². The minimum atomic E-state index is -0.226. The lowest BCUT2D eigenvalue weighted by atomic mass is 9.98. The summed E-state index contributed by atoms with van der Waals surface area (Å²) in [6, 6.07) is 10.3. The van der Waals surface area contributed by atoms with E-state index < -0.39 is 0 Å². The Kier molecular flexibility index (Phi) is 4.90. The molecule has 0 N–H and O–H groups in total. The minimum absolute atomic E-state index is 0.168. The first-order valence-corrected chi connectivity index (χ1v) is 8.36. The second-order valence-electron chi connectivity index (χ2n) is 5.18. The van der Waals surface area contributed by atoms with Gasteiger partial charge >= 0.3 is 0 Å². The third-order valence-electron chi connectivity index (χ3n) is 3.61. The third-order valence-corrected chi connectivity index (χ3v) is 4.39. The third kappa shape index (κ3) is 3.05. The maximum absolute atomic E-state index is 13.1. The molecule has 1 aromatic heterocycles. The molecule has 3 rings (SSSR count). The van der Waals surface area contributed by atoms with Gasteiger partial charge in [0.2, 0.25) is 0 Å². The van der Waals surface area contributed by atoms with E-state index in [1.165, 1.54) is 6.33 Å². The molecule has 0 radical (unpaired) electrons. The average molecular weight is 381 g/mol. The molecule has 4 nitrogen and oxygen atoms in total. The first-order chi connectivity index (χ1) is 11.5. The molecule has 0 saturated heterocycles. The molecule has 0 unspecified atom stereocenters. The number of ketones is 1. The molecule has 24 heavy (non-hydrogen) atoms. The van der Waals surface area contributed by atoms with E-state index >= 15 is 0 Å². The summed E-state index contributed by atoms with van der Waals surface area (Å²) in [4.78, 5) is 13.1. The van der Waals surface area contributed by atoms with E-state index in [-0.39, 0.29) is 11.7 Å². The number of hydrogen-bond donors (Lipinski definition) is 0. The van der Waals surface area contributed by atoms with E-state index in [2.05, 4.69) is 10.2 Å². The van der Waals surface area contributed by atoms with Gasteiger partial charge in [-0.1, -0.05) is 35.3 Å². The number of benzene rings is 2. The van der Waals surface area contributed by atoms with Crippen molar-refractivity contribution < 1.29 is 4.79 Å². The van der Waals surface area contributed by atoms with Crippen molar-refractivity contribution in [3.05, 3.63) is 75.3 Å². The summed E-state index contributed by atoms with van der Waals surface area (Å²) in [6.45, 7) is 1.86. The fourth-order valence-electron chi connectivity index (χ4n) is 2.56. The van der Waals surface area contributed by atoms with Gasteiger partial charge < -0.3 is 0 Å². The maximum atomic E-state index is 13.1. The first kappa shape index (κ1) is 17.0. The van der Waals surface area contributed by atoms with Crippen molar-refractivity contribution in [1.82, 2.24) is 14.8 Å². The molecule has 3 aromatic rings. The Morgan fingerprint density at radius 2 is 1.92 bits per heavy atom. The van der Waals surface area contributed by atoms with Crippen LogP contribution >= 0.6 is 34.8 Å². The summed E-state index contributed by atoms with van der Waals surface area (Å²) in [5, 5.41) is 8.70. The van der Waals surface area contributed by atoms with Crippen LogP contribution in [-0.4, -0.2) is 20.5 Å². The number of carbonyl (C=O) groups excluding carboxylic acids is 1. The molecule has 0 aliphatic rings. The summed E-state index contributed by atoms with van der Waals surface area (Å²) in [6.07, 6.45) is 1.53. The van der Waals surface area contributed by atoms with Gasteiger partial charge in [-0.15, -0.1) is 21.8 Å². The van der Waals surface area contributed by atoms with Crippen molar-refractivity contribution in [3.8, 4) is 5.69 Å². The Balaban J connectivity index is 2.25. The van der Waals surface area contributed by atoms with Gasteiger partial charge in [0.1, 0.15) is 6.33 Å². The smallest absolute Gasteiger partial charge is 0.196 e. The number of aryl methyl sites for hydroxylation is 1. The molecular formula is C17H12Cl3N3O. The van der Waals surface area contributed by atoms with Gasteiger partial charge in [-0.3, -0.25) is 9.36 Å². The van der Waals surface area contributed by atoms with Gasteiger partial charge in [-0.05, 0) is 36.8 Å². The lowest BCUT2D eigenvalue weighted by Gasteiger charge is -2.15. The lowest BCUT2D eigenvalue weighted by Crippen LogP contribution is -2.11. The van der Waals surface area contributed by atoms with Crippen LogP contribution in [0.5, 0.6) is 0 Å². The van der Waals surface area contributed by atoms with Gasteiger partial charge in [0.05, 0.1) is 16.6 Å². The molecule has 0 fully saturated rings. The topological polar surface area (TPSA) is 47.8 Å². The SMILES string of the molecule is Cc1cc(Cl)cc(C(=O)c2ccccc2Cl)c1-n1cnnc1CCl. The number of aromatic nitrogens is 3. The maximum Gasteiger partial charge on any atom is 0.196 e. The van der Waals surface area contributed by atoms with Crippen LogP contribution < -0.4 is 0 Å². The second kappa shape index (κ2) is 6.93. The average Bonchev–Trinajstić information content (AvgIpc) is 3.02. The molecule has 0 aliphatic carbocycles. The fraction of sp³-hybridized carbons (Fsp3) is 0.118. The van der Waals surface area contributed by atoms with Crippen LogP contribution in [0.15, 0.2) is 42.7 Å². The first-order valence-electron chi connectivity index (χ1n) is 7.07. The zero-order valence-electron chi connectivity index (χ0n) is 12.6. The van der Waals surface area contributed by atoms with Gasteiger partial charge in [-0.2, -0.15) is 0 Å². The summed E-state index contributed by atoms with van der Waals surface area (Å²) in [5.74, 6) is 0.479. The molecule has 0 spiro atoms. The van der Waals surface area contributed by atoms with Gasteiger partial charge in [0.25, 0.3) is 0 Å². The van der Waals surface area contributed by atoms with Crippen LogP contribution in [-0.2, 0) is 5.88 Å². The highest BCUT2D eigenvalue weighted by molar-refractivity contribution is 6.35. The number of hydrogen-bond acceptors (Lipinski definition) is 3. The molecule has 122 valence electrons. The zero-order chi connectivity index (χ0) is 17.3. The van der Waals surface area contributed by atoms with Crippen LogP contribution in [0.4, 0.5) is 0 Å².